The van der Waals surface area contributed by atoms with Crippen molar-refractivity contribution in [1.29, 1.82) is 0 Å². The zero-order chi connectivity index (χ0) is 15.9. The molecule has 0 spiro atoms. The van der Waals surface area contributed by atoms with E-state index in [0.29, 0.717) is 22.0 Å². The minimum absolute atomic E-state index is 0.208. The van der Waals surface area contributed by atoms with Crippen LogP contribution in [0.15, 0.2) is 52.2 Å². The molecule has 112 valence electrons. The van der Waals surface area contributed by atoms with Gasteiger partial charge in [0.05, 0.1) is 15.8 Å². The number of fused-ring (bicyclic) bond motifs is 1. The van der Waals surface area contributed by atoms with E-state index in [4.69, 9.17) is 0 Å². The van der Waals surface area contributed by atoms with Crippen LogP contribution in [-0.4, -0.2) is 22.9 Å². The number of nitrogens with zero attached hydrogens (tertiary/aromatic N) is 1. The molecule has 0 bridgehead atoms. The van der Waals surface area contributed by atoms with Crippen LogP contribution in [0, 0.1) is 6.92 Å². The van der Waals surface area contributed by atoms with Crippen molar-refractivity contribution in [3.8, 4) is 11.4 Å². The van der Waals surface area contributed by atoms with Gasteiger partial charge in [-0.1, -0.05) is 24.3 Å². The summed E-state index contributed by atoms with van der Waals surface area (Å²) in [6, 6.07) is 11.3. The third kappa shape index (κ3) is 2.51. The Hall–Kier alpha value is -2.51. The molecule has 2 N–H and O–H groups in total. The Balaban J connectivity index is 2.26. The molecule has 3 aromatic rings. The van der Waals surface area contributed by atoms with Gasteiger partial charge in [-0.2, -0.15) is 8.42 Å². The first-order valence-corrected chi connectivity index (χ1v) is 7.88. The highest BCUT2D eigenvalue weighted by Gasteiger charge is 2.15. The predicted molar refractivity (Wildman–Crippen MR) is 82.4 cm³/mol. The number of rotatable bonds is 2. The first-order chi connectivity index (χ1) is 10.4. The molecule has 0 saturated carbocycles. The second kappa shape index (κ2) is 5.04. The summed E-state index contributed by atoms with van der Waals surface area (Å²) >= 11 is 0. The lowest BCUT2D eigenvalue weighted by Crippen LogP contribution is -2.10. The Morgan fingerprint density at radius 2 is 1.86 bits per heavy atom. The number of aromatic amines is 1. The molecule has 1 heterocycles. The molecule has 0 aliphatic heterocycles. The second-order valence-corrected chi connectivity index (χ2v) is 6.28. The van der Waals surface area contributed by atoms with Crippen molar-refractivity contribution in [1.82, 2.24) is 9.97 Å². The van der Waals surface area contributed by atoms with E-state index in [9.17, 15) is 17.8 Å². The Morgan fingerprint density at radius 1 is 1.14 bits per heavy atom. The highest BCUT2D eigenvalue weighted by molar-refractivity contribution is 7.85. The Bertz CT molecular complexity index is 1040. The van der Waals surface area contributed by atoms with Crippen LogP contribution in [0.2, 0.25) is 0 Å². The van der Waals surface area contributed by atoms with Gasteiger partial charge in [0.1, 0.15) is 5.82 Å². The smallest absolute Gasteiger partial charge is 0.294 e. The average molecular weight is 316 g/mol. The zero-order valence-corrected chi connectivity index (χ0v) is 12.4. The molecular formula is C15H12N2O4S. The van der Waals surface area contributed by atoms with Crippen molar-refractivity contribution in [3.05, 3.63) is 58.4 Å². The number of para-hydroxylation sites is 1. The molecular weight excluding hydrogens is 304 g/mol. The first-order valence-electron chi connectivity index (χ1n) is 6.44. The summed E-state index contributed by atoms with van der Waals surface area (Å²) in [6.45, 7) is 1.57. The number of nitrogens with one attached hydrogen (secondary N) is 1. The van der Waals surface area contributed by atoms with Crippen molar-refractivity contribution < 1.29 is 13.0 Å². The predicted octanol–water partition coefficient (Wildman–Crippen LogP) is 2.15. The summed E-state index contributed by atoms with van der Waals surface area (Å²) in [6.07, 6.45) is 0. The quantitative estimate of drug-likeness (QED) is 0.706. The van der Waals surface area contributed by atoms with E-state index in [1.165, 1.54) is 6.07 Å². The molecule has 0 unspecified atom stereocenters. The number of hydrogen-bond acceptors (Lipinski definition) is 4. The molecule has 3 rings (SSSR count). The van der Waals surface area contributed by atoms with Crippen LogP contribution < -0.4 is 5.56 Å². The Labute approximate surface area is 126 Å². The Morgan fingerprint density at radius 3 is 2.59 bits per heavy atom. The third-order valence-electron chi connectivity index (χ3n) is 3.35. The summed E-state index contributed by atoms with van der Waals surface area (Å²) in [7, 11) is -4.34. The molecule has 1 aromatic heterocycles. The van der Waals surface area contributed by atoms with Gasteiger partial charge in [0.15, 0.2) is 0 Å². The minimum Gasteiger partial charge on any atom is -0.306 e. The van der Waals surface area contributed by atoms with Crippen LogP contribution in [0.4, 0.5) is 0 Å². The Kier molecular flexibility index (Phi) is 3.31. The molecule has 7 heteroatoms. The molecule has 2 aromatic carbocycles. The van der Waals surface area contributed by atoms with Crippen molar-refractivity contribution >= 4 is 21.0 Å². The van der Waals surface area contributed by atoms with Gasteiger partial charge in [-0.3, -0.25) is 9.35 Å². The molecule has 0 amide bonds. The number of H-pyrrole nitrogens is 1. The normalized spacial score (nSPS) is 11.7. The maximum absolute atomic E-state index is 12.1. The zero-order valence-electron chi connectivity index (χ0n) is 11.6. The first kappa shape index (κ1) is 14.4. The summed E-state index contributed by atoms with van der Waals surface area (Å²) in [5.74, 6) is 0.244. The molecule has 6 nitrogen and oxygen atoms in total. The van der Waals surface area contributed by atoms with Gasteiger partial charge in [-0.05, 0) is 30.7 Å². The molecule has 0 aliphatic rings. The fourth-order valence-corrected chi connectivity index (χ4v) is 3.00. The fraction of sp³-hybridized carbons (Fsp3) is 0.0667. The second-order valence-electron chi connectivity index (χ2n) is 4.89. The largest absolute Gasteiger partial charge is 0.306 e. The summed E-state index contributed by atoms with van der Waals surface area (Å²) in [5, 5.41) is 0.452. The molecule has 0 saturated heterocycles. The maximum atomic E-state index is 12.1. The van der Waals surface area contributed by atoms with Crippen LogP contribution in [-0.2, 0) is 10.1 Å². The molecule has 0 aliphatic carbocycles. The van der Waals surface area contributed by atoms with E-state index >= 15 is 0 Å². The van der Waals surface area contributed by atoms with E-state index in [2.05, 4.69) is 9.97 Å². The minimum atomic E-state index is -4.34. The van der Waals surface area contributed by atoms with Crippen LogP contribution >= 0.6 is 0 Å². The lowest BCUT2D eigenvalue weighted by Gasteiger charge is -2.07. The topological polar surface area (TPSA) is 100 Å². The average Bonchev–Trinajstić information content (AvgIpc) is 2.46. The van der Waals surface area contributed by atoms with Crippen LogP contribution in [0.1, 0.15) is 5.56 Å². The van der Waals surface area contributed by atoms with Gasteiger partial charge in [0, 0.05) is 5.56 Å². The lowest BCUT2D eigenvalue weighted by atomic mass is 10.1. The van der Waals surface area contributed by atoms with Gasteiger partial charge in [-0.25, -0.2) is 4.98 Å². The third-order valence-corrected chi connectivity index (χ3v) is 4.35. The maximum Gasteiger partial charge on any atom is 0.294 e. The van der Waals surface area contributed by atoms with Gasteiger partial charge < -0.3 is 4.98 Å². The lowest BCUT2D eigenvalue weighted by molar-refractivity contribution is 0.482. The number of hydrogen-bond donors (Lipinski definition) is 2. The number of aryl methyl sites for hydroxylation is 1. The fourth-order valence-electron chi connectivity index (χ4n) is 2.25. The van der Waals surface area contributed by atoms with E-state index in [1.807, 2.05) is 0 Å². The molecule has 0 fully saturated rings. The van der Waals surface area contributed by atoms with E-state index < -0.39 is 10.1 Å². The SMILES string of the molecule is Cc1ccc(-c2nc3ccccc3c(=O)[nH]2)cc1S(=O)(=O)O. The molecule has 22 heavy (non-hydrogen) atoms. The summed E-state index contributed by atoms with van der Waals surface area (Å²) in [5.41, 5.74) is 1.01. The van der Waals surface area contributed by atoms with Crippen LogP contribution in [0.5, 0.6) is 0 Å². The van der Waals surface area contributed by atoms with Crippen LogP contribution in [0.3, 0.4) is 0 Å². The molecule has 0 radical (unpaired) electrons. The van der Waals surface area contributed by atoms with Crippen molar-refractivity contribution in [2.24, 2.45) is 0 Å². The van der Waals surface area contributed by atoms with Gasteiger partial charge >= 0.3 is 0 Å². The van der Waals surface area contributed by atoms with Crippen LogP contribution in [0.25, 0.3) is 22.3 Å². The van der Waals surface area contributed by atoms with E-state index in [1.54, 1.807) is 43.3 Å². The standard InChI is InChI=1S/C15H12N2O4S/c1-9-6-7-10(8-13(9)22(19,20)21)14-16-12-5-3-2-4-11(12)15(18)17-14/h2-8H,1H3,(H,16,17,18)(H,19,20,21). The molecule has 0 atom stereocenters. The van der Waals surface area contributed by atoms with Crippen molar-refractivity contribution in [2.45, 2.75) is 11.8 Å². The van der Waals surface area contributed by atoms with Gasteiger partial charge in [0.2, 0.25) is 0 Å². The van der Waals surface area contributed by atoms with Gasteiger partial charge in [-0.15, -0.1) is 0 Å². The highest BCUT2D eigenvalue weighted by Crippen LogP contribution is 2.23. The summed E-state index contributed by atoms with van der Waals surface area (Å²) < 4.78 is 32.0. The van der Waals surface area contributed by atoms with Crippen molar-refractivity contribution in [3.63, 3.8) is 0 Å². The van der Waals surface area contributed by atoms with Crippen molar-refractivity contribution in [2.75, 3.05) is 0 Å². The van der Waals surface area contributed by atoms with Gasteiger partial charge in [0.25, 0.3) is 15.7 Å². The summed E-state index contributed by atoms with van der Waals surface area (Å²) in [4.78, 5) is 18.8. The van der Waals surface area contributed by atoms with E-state index in [0.717, 1.165) is 0 Å². The number of aromatic nitrogens is 2. The number of benzene rings is 2. The van der Waals surface area contributed by atoms with E-state index in [-0.39, 0.29) is 16.3 Å². The highest BCUT2D eigenvalue weighted by atomic mass is 32.2. The monoisotopic (exact) mass is 316 g/mol.